The highest BCUT2D eigenvalue weighted by Crippen LogP contribution is 2.55. The molecule has 2 fully saturated rings. The summed E-state index contributed by atoms with van der Waals surface area (Å²) in [6.07, 6.45) is 9.25. The van der Waals surface area contributed by atoms with Crippen molar-refractivity contribution in [1.82, 2.24) is 24.8 Å². The Balaban J connectivity index is 1.24. The molecule has 2 saturated carbocycles. The van der Waals surface area contributed by atoms with Crippen molar-refractivity contribution in [3.63, 3.8) is 0 Å². The van der Waals surface area contributed by atoms with Crippen LogP contribution in [0.2, 0.25) is 0 Å². The predicted molar refractivity (Wildman–Crippen MR) is 144 cm³/mol. The number of aromatic nitrogens is 5. The van der Waals surface area contributed by atoms with Crippen LogP contribution in [0, 0.1) is 11.8 Å². The zero-order valence-corrected chi connectivity index (χ0v) is 21.8. The molecule has 4 aromatic rings. The van der Waals surface area contributed by atoms with Gasteiger partial charge in [-0.3, -0.25) is 4.68 Å². The van der Waals surface area contributed by atoms with Gasteiger partial charge in [-0.2, -0.15) is 5.10 Å². The molecule has 6 rings (SSSR count). The Kier molecular flexibility index (Phi) is 6.47. The van der Waals surface area contributed by atoms with E-state index in [2.05, 4.69) is 46.6 Å². The average Bonchev–Trinajstić information content (AvgIpc) is 3.37. The Bertz CT molecular complexity index is 1450. The first-order valence-electron chi connectivity index (χ1n) is 13.5. The van der Waals surface area contributed by atoms with Crippen molar-refractivity contribution in [2.75, 3.05) is 6.61 Å². The van der Waals surface area contributed by atoms with Gasteiger partial charge >= 0.3 is 5.97 Å². The van der Waals surface area contributed by atoms with Crippen LogP contribution in [0.15, 0.2) is 60.9 Å². The first-order valence-corrected chi connectivity index (χ1v) is 13.5. The molecule has 2 aromatic heterocycles. The zero-order valence-electron chi connectivity index (χ0n) is 21.8. The van der Waals surface area contributed by atoms with E-state index in [4.69, 9.17) is 4.74 Å². The van der Waals surface area contributed by atoms with Crippen LogP contribution in [0.1, 0.15) is 72.6 Å². The van der Waals surface area contributed by atoms with Gasteiger partial charge in [0.05, 0.1) is 29.9 Å². The number of carboxylic acid groups (broad SMARTS) is 1. The maximum Gasteiger partial charge on any atom is 0.339 e. The van der Waals surface area contributed by atoms with Crippen LogP contribution in [0.4, 0.5) is 0 Å². The molecule has 8 nitrogen and oxygen atoms in total. The van der Waals surface area contributed by atoms with Crippen LogP contribution < -0.4 is 4.74 Å². The third-order valence-corrected chi connectivity index (χ3v) is 8.06. The predicted octanol–water partition coefficient (Wildman–Crippen LogP) is 5.84. The molecule has 2 aliphatic carbocycles. The Hall–Kier alpha value is -3.94. The van der Waals surface area contributed by atoms with Crippen LogP contribution in [0.5, 0.6) is 5.75 Å². The van der Waals surface area contributed by atoms with E-state index < -0.39 is 5.97 Å². The van der Waals surface area contributed by atoms with E-state index in [1.54, 1.807) is 9.36 Å². The van der Waals surface area contributed by atoms with Crippen LogP contribution >= 0.6 is 0 Å². The topological polar surface area (TPSA) is 95.1 Å². The standard InChI is InChI=1S/C30H33N5O3/c1-19-9-11-20(12-10-19)18-38-24-8-4-6-22(14-24)21-5-3-7-23(13-21)35-29(27(16-31-35)30(36)37)26-15-25(26)28-17-34(2)33-32-28/h3-8,13-14,16-17,19-20,25-26H,9-12,15,18H2,1-2H3,(H,36,37)/t19?,20?,25-,26-/m0/s1. The molecule has 0 radical (unpaired) electrons. The van der Waals surface area contributed by atoms with Crippen molar-refractivity contribution in [2.45, 2.75) is 50.9 Å². The highest BCUT2D eigenvalue weighted by molar-refractivity contribution is 5.89. The Morgan fingerprint density at radius 3 is 2.55 bits per heavy atom. The van der Waals surface area contributed by atoms with Gasteiger partial charge in [0.1, 0.15) is 11.3 Å². The minimum absolute atomic E-state index is 0.0310. The summed E-state index contributed by atoms with van der Waals surface area (Å²) < 4.78 is 9.66. The molecule has 2 aliphatic rings. The number of rotatable bonds is 8. The molecule has 196 valence electrons. The number of hydrogen-bond acceptors (Lipinski definition) is 5. The van der Waals surface area contributed by atoms with Crippen molar-refractivity contribution < 1.29 is 14.6 Å². The van der Waals surface area contributed by atoms with E-state index in [1.807, 2.05) is 37.5 Å². The number of carbonyl (C=O) groups is 1. The minimum Gasteiger partial charge on any atom is -0.493 e. The maximum atomic E-state index is 12.1. The monoisotopic (exact) mass is 511 g/mol. The highest BCUT2D eigenvalue weighted by atomic mass is 16.5. The van der Waals surface area contributed by atoms with E-state index in [9.17, 15) is 9.90 Å². The van der Waals surface area contributed by atoms with Gasteiger partial charge in [-0.1, -0.05) is 49.2 Å². The van der Waals surface area contributed by atoms with E-state index in [0.717, 1.165) is 47.2 Å². The average molecular weight is 512 g/mol. The summed E-state index contributed by atoms with van der Waals surface area (Å²) >= 11 is 0. The van der Waals surface area contributed by atoms with Crippen LogP contribution in [-0.4, -0.2) is 42.5 Å². The molecule has 2 aromatic carbocycles. The number of carboxylic acids is 1. The lowest BCUT2D eigenvalue weighted by molar-refractivity contribution is 0.0695. The molecular formula is C30H33N5O3. The first-order chi connectivity index (χ1) is 18.5. The van der Waals surface area contributed by atoms with Gasteiger partial charge in [0, 0.05) is 25.1 Å². The Morgan fingerprint density at radius 1 is 1.05 bits per heavy atom. The number of aryl methyl sites for hydroxylation is 1. The fraction of sp³-hybridized carbons (Fsp3) is 0.400. The van der Waals surface area contributed by atoms with Crippen LogP contribution in [0.3, 0.4) is 0 Å². The second-order valence-electron chi connectivity index (χ2n) is 10.9. The molecular weight excluding hydrogens is 478 g/mol. The third-order valence-electron chi connectivity index (χ3n) is 8.06. The molecule has 0 amide bonds. The fourth-order valence-corrected chi connectivity index (χ4v) is 5.74. The van der Waals surface area contributed by atoms with Crippen LogP contribution in [0.25, 0.3) is 16.8 Å². The van der Waals surface area contributed by atoms with Crippen molar-refractivity contribution in [2.24, 2.45) is 18.9 Å². The quantitative estimate of drug-likeness (QED) is 0.319. The van der Waals surface area contributed by atoms with Gasteiger partial charge in [0.25, 0.3) is 0 Å². The van der Waals surface area contributed by atoms with E-state index >= 15 is 0 Å². The second kappa shape index (κ2) is 10.1. The summed E-state index contributed by atoms with van der Waals surface area (Å²) in [5.41, 5.74) is 4.74. The number of benzene rings is 2. The molecule has 0 bridgehead atoms. The van der Waals surface area contributed by atoms with Gasteiger partial charge in [0.15, 0.2) is 0 Å². The summed E-state index contributed by atoms with van der Waals surface area (Å²) in [6, 6.07) is 16.3. The summed E-state index contributed by atoms with van der Waals surface area (Å²) in [5.74, 6) is 1.55. The van der Waals surface area contributed by atoms with E-state index in [0.29, 0.717) is 11.6 Å². The highest BCUT2D eigenvalue weighted by Gasteiger charge is 2.46. The van der Waals surface area contributed by atoms with Crippen molar-refractivity contribution >= 4 is 5.97 Å². The second-order valence-corrected chi connectivity index (χ2v) is 10.9. The molecule has 2 atom stereocenters. The summed E-state index contributed by atoms with van der Waals surface area (Å²) in [4.78, 5) is 12.1. The minimum atomic E-state index is -0.968. The van der Waals surface area contributed by atoms with Gasteiger partial charge in [-0.15, -0.1) is 5.10 Å². The smallest absolute Gasteiger partial charge is 0.339 e. The van der Waals surface area contributed by atoms with Gasteiger partial charge < -0.3 is 9.84 Å². The fourth-order valence-electron chi connectivity index (χ4n) is 5.74. The molecule has 0 spiro atoms. The molecule has 1 N–H and O–H groups in total. The first kappa shape index (κ1) is 24.4. The maximum absolute atomic E-state index is 12.1. The molecule has 2 heterocycles. The Labute approximate surface area is 222 Å². The molecule has 0 aliphatic heterocycles. The SMILES string of the molecule is CC1CCC(COc2cccc(-c3cccc(-n4ncc(C(=O)O)c4[C@H]4C[C@@H]4c4cn(C)nn4)c3)c2)CC1. The van der Waals surface area contributed by atoms with Crippen molar-refractivity contribution in [1.29, 1.82) is 0 Å². The lowest BCUT2D eigenvalue weighted by atomic mass is 9.83. The van der Waals surface area contributed by atoms with Gasteiger partial charge in [-0.05, 0) is 66.5 Å². The normalized spacial score (nSPS) is 22.8. The third kappa shape index (κ3) is 4.95. The number of ether oxygens (including phenoxy) is 1. The lowest BCUT2D eigenvalue weighted by Crippen LogP contribution is -2.18. The summed E-state index contributed by atoms with van der Waals surface area (Å²) in [6.45, 7) is 3.10. The molecule has 0 unspecified atom stereocenters. The van der Waals surface area contributed by atoms with E-state index in [1.165, 1.54) is 31.9 Å². The van der Waals surface area contributed by atoms with Crippen molar-refractivity contribution in [3.05, 3.63) is 77.9 Å². The van der Waals surface area contributed by atoms with E-state index in [-0.39, 0.29) is 17.4 Å². The number of hydrogen-bond donors (Lipinski definition) is 1. The largest absolute Gasteiger partial charge is 0.493 e. The number of aromatic carboxylic acids is 1. The zero-order chi connectivity index (χ0) is 26.2. The molecule has 8 heteroatoms. The summed E-state index contributed by atoms with van der Waals surface area (Å²) in [5, 5.41) is 22.7. The summed E-state index contributed by atoms with van der Waals surface area (Å²) in [7, 11) is 1.84. The number of nitrogens with zero attached hydrogens (tertiary/aromatic N) is 5. The van der Waals surface area contributed by atoms with Gasteiger partial charge in [-0.25, -0.2) is 9.48 Å². The molecule has 38 heavy (non-hydrogen) atoms. The van der Waals surface area contributed by atoms with Crippen molar-refractivity contribution in [3.8, 4) is 22.6 Å². The van der Waals surface area contributed by atoms with Gasteiger partial charge in [0.2, 0.25) is 0 Å². The lowest BCUT2D eigenvalue weighted by Gasteiger charge is -2.26. The Morgan fingerprint density at radius 2 is 1.82 bits per heavy atom. The molecule has 0 saturated heterocycles. The van der Waals surface area contributed by atoms with Crippen LogP contribution in [-0.2, 0) is 7.05 Å².